The van der Waals surface area contributed by atoms with Crippen molar-refractivity contribution in [2.24, 2.45) is 0 Å². The molecular weight excluding hydrogens is 545 g/mol. The standard InChI is InChI=1S/C28H39Cl2N3O4S/c1-6-8-15-31-28(35)25(7-2)32(19-22-13-14-23(29)18-24(22)30)27(34)10-9-16-33(38(5,36)37)26-17-20(3)11-12-21(26)4/h11-14,17-18,25H,6-10,15-16,19H2,1-5H3,(H,31,35)/t25-/m1/s1. The highest BCUT2D eigenvalue weighted by Gasteiger charge is 2.29. The number of hydrogen-bond donors (Lipinski definition) is 1. The van der Waals surface area contributed by atoms with Crippen LogP contribution >= 0.6 is 23.2 Å². The molecule has 0 fully saturated rings. The zero-order valence-corrected chi connectivity index (χ0v) is 25.2. The Balaban J connectivity index is 2.27. The maximum absolute atomic E-state index is 13.6. The molecule has 38 heavy (non-hydrogen) atoms. The van der Waals surface area contributed by atoms with Gasteiger partial charge in [-0.3, -0.25) is 13.9 Å². The lowest BCUT2D eigenvalue weighted by Crippen LogP contribution is -2.49. The maximum Gasteiger partial charge on any atom is 0.242 e. The highest BCUT2D eigenvalue weighted by molar-refractivity contribution is 7.92. The van der Waals surface area contributed by atoms with Crippen molar-refractivity contribution >= 4 is 50.7 Å². The number of carbonyl (C=O) groups is 2. The third kappa shape index (κ3) is 9.17. The molecule has 7 nitrogen and oxygen atoms in total. The predicted molar refractivity (Wildman–Crippen MR) is 156 cm³/mol. The molecule has 2 aromatic rings. The molecule has 0 unspecified atom stereocenters. The van der Waals surface area contributed by atoms with E-state index in [0.717, 1.165) is 24.0 Å². The molecule has 1 N–H and O–H groups in total. The summed E-state index contributed by atoms with van der Waals surface area (Å²) in [6, 6.07) is 10.0. The normalized spacial score (nSPS) is 12.2. The van der Waals surface area contributed by atoms with Gasteiger partial charge in [-0.2, -0.15) is 0 Å². The summed E-state index contributed by atoms with van der Waals surface area (Å²) in [4.78, 5) is 28.1. The van der Waals surface area contributed by atoms with Crippen LogP contribution in [-0.2, 0) is 26.2 Å². The number of halogens is 2. The topological polar surface area (TPSA) is 86.8 Å². The average molecular weight is 585 g/mol. The molecule has 0 aliphatic heterocycles. The highest BCUT2D eigenvalue weighted by atomic mass is 35.5. The first-order valence-electron chi connectivity index (χ1n) is 12.9. The molecular formula is C28H39Cl2N3O4S. The number of aryl methyl sites for hydroxylation is 2. The number of sulfonamides is 1. The van der Waals surface area contributed by atoms with Gasteiger partial charge in [-0.15, -0.1) is 0 Å². The second-order valence-electron chi connectivity index (χ2n) is 9.55. The van der Waals surface area contributed by atoms with E-state index in [9.17, 15) is 18.0 Å². The van der Waals surface area contributed by atoms with Gasteiger partial charge in [0.2, 0.25) is 21.8 Å². The van der Waals surface area contributed by atoms with Crippen molar-refractivity contribution < 1.29 is 18.0 Å². The first kappa shape index (κ1) is 31.9. The van der Waals surface area contributed by atoms with E-state index in [4.69, 9.17) is 23.2 Å². The Kier molecular flexibility index (Phi) is 12.4. The number of unbranched alkanes of at least 4 members (excludes halogenated alkanes) is 1. The molecule has 0 aliphatic carbocycles. The van der Waals surface area contributed by atoms with Crippen LogP contribution in [0.2, 0.25) is 10.0 Å². The van der Waals surface area contributed by atoms with Crippen molar-refractivity contribution in [3.8, 4) is 0 Å². The van der Waals surface area contributed by atoms with Crippen LogP contribution in [0.1, 0.15) is 62.6 Å². The molecule has 0 saturated heterocycles. The minimum Gasteiger partial charge on any atom is -0.354 e. The maximum atomic E-state index is 13.6. The Morgan fingerprint density at radius 1 is 1.03 bits per heavy atom. The predicted octanol–water partition coefficient (Wildman–Crippen LogP) is 5.88. The molecule has 10 heteroatoms. The van der Waals surface area contributed by atoms with E-state index in [1.807, 2.05) is 45.9 Å². The SMILES string of the molecule is CCCCNC(=O)[C@@H](CC)N(Cc1ccc(Cl)cc1Cl)C(=O)CCCN(c1cc(C)ccc1C)S(C)(=O)=O. The van der Waals surface area contributed by atoms with E-state index in [1.165, 1.54) is 10.6 Å². The zero-order valence-electron chi connectivity index (χ0n) is 22.9. The van der Waals surface area contributed by atoms with E-state index < -0.39 is 16.1 Å². The molecule has 0 radical (unpaired) electrons. The quantitative estimate of drug-likeness (QED) is 0.281. The van der Waals surface area contributed by atoms with Gasteiger partial charge in [0, 0.05) is 36.1 Å². The van der Waals surface area contributed by atoms with Crippen molar-refractivity contribution in [2.45, 2.75) is 72.4 Å². The summed E-state index contributed by atoms with van der Waals surface area (Å²) in [5.41, 5.74) is 3.06. The smallest absolute Gasteiger partial charge is 0.242 e. The highest BCUT2D eigenvalue weighted by Crippen LogP contribution is 2.26. The van der Waals surface area contributed by atoms with E-state index in [2.05, 4.69) is 5.32 Å². The number of hydrogen-bond acceptors (Lipinski definition) is 4. The molecule has 0 aromatic heterocycles. The van der Waals surface area contributed by atoms with Gasteiger partial charge in [-0.1, -0.05) is 61.7 Å². The molecule has 0 bridgehead atoms. The fraction of sp³-hybridized carbons (Fsp3) is 0.500. The number of amides is 2. The van der Waals surface area contributed by atoms with Crippen LogP contribution in [0.25, 0.3) is 0 Å². The van der Waals surface area contributed by atoms with E-state index in [0.29, 0.717) is 34.3 Å². The van der Waals surface area contributed by atoms with Crippen LogP contribution in [0.5, 0.6) is 0 Å². The van der Waals surface area contributed by atoms with E-state index in [-0.39, 0.29) is 37.7 Å². The van der Waals surface area contributed by atoms with E-state index >= 15 is 0 Å². The number of rotatable bonds is 14. The first-order valence-corrected chi connectivity index (χ1v) is 15.6. The van der Waals surface area contributed by atoms with Crippen LogP contribution in [-0.4, -0.2) is 50.5 Å². The molecule has 2 rings (SSSR count). The molecule has 0 saturated carbocycles. The summed E-state index contributed by atoms with van der Waals surface area (Å²) in [6.07, 6.45) is 3.74. The lowest BCUT2D eigenvalue weighted by molar-refractivity contribution is -0.141. The lowest BCUT2D eigenvalue weighted by Gasteiger charge is -2.31. The van der Waals surface area contributed by atoms with Crippen molar-refractivity contribution in [1.29, 1.82) is 0 Å². The number of carbonyl (C=O) groups excluding carboxylic acids is 2. The van der Waals surface area contributed by atoms with Crippen LogP contribution < -0.4 is 9.62 Å². The Morgan fingerprint density at radius 3 is 2.34 bits per heavy atom. The number of nitrogens with one attached hydrogen (secondary N) is 1. The van der Waals surface area contributed by atoms with Crippen molar-refractivity contribution in [3.63, 3.8) is 0 Å². The van der Waals surface area contributed by atoms with Gasteiger partial charge in [0.25, 0.3) is 0 Å². The van der Waals surface area contributed by atoms with Crippen molar-refractivity contribution in [1.82, 2.24) is 10.2 Å². The summed E-state index contributed by atoms with van der Waals surface area (Å²) in [6.45, 7) is 8.49. The number of benzene rings is 2. The third-order valence-corrected chi connectivity index (χ3v) is 8.12. The van der Waals surface area contributed by atoms with Gasteiger partial charge in [0.05, 0.1) is 11.9 Å². The Morgan fingerprint density at radius 2 is 1.74 bits per heavy atom. The molecule has 210 valence electrons. The monoisotopic (exact) mass is 583 g/mol. The van der Waals surface area contributed by atoms with Crippen LogP contribution in [0, 0.1) is 13.8 Å². The van der Waals surface area contributed by atoms with E-state index in [1.54, 1.807) is 23.1 Å². The van der Waals surface area contributed by atoms with Crippen LogP contribution in [0.3, 0.4) is 0 Å². The Bertz CT molecular complexity index is 1220. The molecule has 0 spiro atoms. The van der Waals surface area contributed by atoms with Gasteiger partial charge in [-0.25, -0.2) is 8.42 Å². The Hall–Kier alpha value is -2.29. The van der Waals surface area contributed by atoms with Crippen molar-refractivity contribution in [2.75, 3.05) is 23.7 Å². The summed E-state index contributed by atoms with van der Waals surface area (Å²) >= 11 is 12.5. The summed E-state index contributed by atoms with van der Waals surface area (Å²) in [5.74, 6) is -0.463. The zero-order chi connectivity index (χ0) is 28.5. The van der Waals surface area contributed by atoms with Gasteiger partial charge < -0.3 is 10.2 Å². The largest absolute Gasteiger partial charge is 0.354 e. The fourth-order valence-corrected chi connectivity index (χ4v) is 5.71. The molecule has 1 atom stereocenters. The van der Waals surface area contributed by atoms with Crippen molar-refractivity contribution in [3.05, 3.63) is 63.1 Å². The molecule has 2 aromatic carbocycles. The van der Waals surface area contributed by atoms with Gasteiger partial charge in [-0.05, 0) is 68.0 Å². The minimum absolute atomic E-state index is 0.0703. The second-order valence-corrected chi connectivity index (χ2v) is 12.3. The molecule has 2 amide bonds. The third-order valence-electron chi connectivity index (χ3n) is 6.36. The molecule has 0 heterocycles. The van der Waals surface area contributed by atoms with Gasteiger partial charge in [0.15, 0.2) is 0 Å². The van der Waals surface area contributed by atoms with Gasteiger partial charge >= 0.3 is 0 Å². The first-order chi connectivity index (χ1) is 17.9. The second kappa shape index (κ2) is 14.8. The van der Waals surface area contributed by atoms with Crippen LogP contribution in [0.15, 0.2) is 36.4 Å². The fourth-order valence-electron chi connectivity index (χ4n) is 4.23. The Labute approximate surface area is 237 Å². The lowest BCUT2D eigenvalue weighted by atomic mass is 10.1. The summed E-state index contributed by atoms with van der Waals surface area (Å²) < 4.78 is 26.6. The average Bonchev–Trinajstić information content (AvgIpc) is 2.84. The minimum atomic E-state index is -3.57. The van der Waals surface area contributed by atoms with Crippen LogP contribution in [0.4, 0.5) is 5.69 Å². The molecule has 0 aliphatic rings. The van der Waals surface area contributed by atoms with Gasteiger partial charge in [0.1, 0.15) is 6.04 Å². The number of anilines is 1. The number of nitrogens with zero attached hydrogens (tertiary/aromatic N) is 2. The summed E-state index contributed by atoms with van der Waals surface area (Å²) in [7, 11) is -3.57. The summed E-state index contributed by atoms with van der Waals surface area (Å²) in [5, 5.41) is 3.82.